The molecule has 3 aromatic carbocycles. The number of fused-ring (bicyclic) bond motifs is 1. The van der Waals surface area contributed by atoms with E-state index in [0.717, 1.165) is 16.3 Å². The van der Waals surface area contributed by atoms with Gasteiger partial charge in [-0.25, -0.2) is 13.2 Å². The van der Waals surface area contributed by atoms with Gasteiger partial charge in [-0.3, -0.25) is 4.31 Å². The first-order valence-electron chi connectivity index (χ1n) is 9.15. The molecule has 0 atom stereocenters. The molecule has 0 bridgehead atoms. The summed E-state index contributed by atoms with van der Waals surface area (Å²) >= 11 is 0. The van der Waals surface area contributed by atoms with Gasteiger partial charge in [-0.05, 0) is 41.0 Å². The van der Waals surface area contributed by atoms with E-state index in [1.807, 2.05) is 42.5 Å². The van der Waals surface area contributed by atoms with Crippen molar-refractivity contribution in [3.63, 3.8) is 0 Å². The van der Waals surface area contributed by atoms with Gasteiger partial charge in [-0.15, -0.1) is 0 Å². The van der Waals surface area contributed by atoms with Gasteiger partial charge in [0, 0.05) is 18.8 Å². The molecular formula is C21H21N3O3S. The summed E-state index contributed by atoms with van der Waals surface area (Å²) < 4.78 is 25.6. The normalized spacial score (nSPS) is 15.5. The summed E-state index contributed by atoms with van der Waals surface area (Å²) in [6.45, 7) is 0.868. The standard InChI is InChI=1S/C21H21N3O3S/c25-21(22-15-17-8-3-7-16-6-1-2-11-20(16)17)23-18-9-4-10-19(14-18)24-12-5-13-28(24,26)27/h1-4,6-11,14H,5,12-13,15H2,(H2,22,23,25). The maximum Gasteiger partial charge on any atom is 0.319 e. The molecule has 0 saturated carbocycles. The fraction of sp³-hybridized carbons (Fsp3) is 0.190. The maximum atomic E-state index is 12.3. The molecule has 7 heteroatoms. The van der Waals surface area contributed by atoms with Crippen molar-refractivity contribution in [3.05, 3.63) is 72.3 Å². The summed E-state index contributed by atoms with van der Waals surface area (Å²) in [7, 11) is -3.25. The summed E-state index contributed by atoms with van der Waals surface area (Å²) in [6, 6.07) is 20.6. The zero-order valence-electron chi connectivity index (χ0n) is 15.3. The number of benzene rings is 3. The van der Waals surface area contributed by atoms with E-state index >= 15 is 0 Å². The lowest BCUT2D eigenvalue weighted by Crippen LogP contribution is -2.28. The molecule has 0 aliphatic carbocycles. The zero-order chi connectivity index (χ0) is 19.6. The largest absolute Gasteiger partial charge is 0.334 e. The van der Waals surface area contributed by atoms with Crippen molar-refractivity contribution in [2.75, 3.05) is 21.9 Å². The Hall–Kier alpha value is -3.06. The van der Waals surface area contributed by atoms with E-state index in [2.05, 4.69) is 10.6 Å². The van der Waals surface area contributed by atoms with Crippen molar-refractivity contribution in [2.24, 2.45) is 0 Å². The van der Waals surface area contributed by atoms with Gasteiger partial charge in [0.05, 0.1) is 11.4 Å². The first-order valence-corrected chi connectivity index (χ1v) is 10.8. The molecule has 28 heavy (non-hydrogen) atoms. The zero-order valence-corrected chi connectivity index (χ0v) is 16.1. The van der Waals surface area contributed by atoms with Crippen LogP contribution in [-0.4, -0.2) is 26.7 Å². The van der Waals surface area contributed by atoms with E-state index in [4.69, 9.17) is 0 Å². The van der Waals surface area contributed by atoms with E-state index in [9.17, 15) is 13.2 Å². The highest BCUT2D eigenvalue weighted by Crippen LogP contribution is 2.26. The van der Waals surface area contributed by atoms with Crippen LogP contribution >= 0.6 is 0 Å². The van der Waals surface area contributed by atoms with Crippen LogP contribution in [0.4, 0.5) is 16.2 Å². The number of nitrogens with one attached hydrogen (secondary N) is 2. The molecule has 1 aliphatic rings. The molecule has 1 aliphatic heterocycles. The number of nitrogens with zero attached hydrogens (tertiary/aromatic N) is 1. The fourth-order valence-electron chi connectivity index (χ4n) is 3.47. The topological polar surface area (TPSA) is 78.5 Å². The smallest absolute Gasteiger partial charge is 0.319 e. The molecule has 1 fully saturated rings. The molecular weight excluding hydrogens is 374 g/mol. The van der Waals surface area contributed by atoms with Crippen molar-refractivity contribution >= 4 is 38.2 Å². The predicted molar refractivity (Wildman–Crippen MR) is 112 cm³/mol. The number of rotatable bonds is 4. The molecule has 1 heterocycles. The molecule has 6 nitrogen and oxygen atoms in total. The van der Waals surface area contributed by atoms with Gasteiger partial charge in [0.15, 0.2) is 0 Å². The summed E-state index contributed by atoms with van der Waals surface area (Å²) in [5.74, 6) is 0.163. The Balaban J connectivity index is 1.43. The molecule has 1 saturated heterocycles. The minimum absolute atomic E-state index is 0.163. The van der Waals surface area contributed by atoms with Crippen LogP contribution in [0.1, 0.15) is 12.0 Å². The van der Waals surface area contributed by atoms with Gasteiger partial charge in [-0.1, -0.05) is 48.5 Å². The van der Waals surface area contributed by atoms with Crippen LogP contribution < -0.4 is 14.9 Å². The second-order valence-electron chi connectivity index (χ2n) is 6.74. The van der Waals surface area contributed by atoms with Crippen LogP contribution in [-0.2, 0) is 16.6 Å². The molecule has 0 unspecified atom stereocenters. The van der Waals surface area contributed by atoms with E-state index in [1.165, 1.54) is 4.31 Å². The van der Waals surface area contributed by atoms with Gasteiger partial charge >= 0.3 is 6.03 Å². The molecule has 0 spiro atoms. The highest BCUT2D eigenvalue weighted by Gasteiger charge is 2.28. The lowest BCUT2D eigenvalue weighted by molar-refractivity contribution is 0.252. The molecule has 0 radical (unpaired) electrons. The van der Waals surface area contributed by atoms with Crippen LogP contribution in [0.3, 0.4) is 0 Å². The third-order valence-corrected chi connectivity index (χ3v) is 6.68. The predicted octanol–water partition coefficient (Wildman–Crippen LogP) is 3.70. The highest BCUT2D eigenvalue weighted by molar-refractivity contribution is 7.93. The highest BCUT2D eigenvalue weighted by atomic mass is 32.2. The van der Waals surface area contributed by atoms with Gasteiger partial charge in [0.1, 0.15) is 0 Å². The van der Waals surface area contributed by atoms with Crippen molar-refractivity contribution in [3.8, 4) is 0 Å². The Morgan fingerprint density at radius 2 is 1.79 bits per heavy atom. The second kappa shape index (κ2) is 7.52. The Bertz CT molecular complexity index is 1120. The summed E-state index contributed by atoms with van der Waals surface area (Å²) in [4.78, 5) is 12.3. The number of anilines is 2. The summed E-state index contributed by atoms with van der Waals surface area (Å²) in [5, 5.41) is 7.87. The molecule has 144 valence electrons. The van der Waals surface area contributed by atoms with Crippen molar-refractivity contribution in [1.82, 2.24) is 5.32 Å². The van der Waals surface area contributed by atoms with Crippen LogP contribution in [0.5, 0.6) is 0 Å². The van der Waals surface area contributed by atoms with E-state index in [-0.39, 0.29) is 11.8 Å². The van der Waals surface area contributed by atoms with Crippen LogP contribution in [0.15, 0.2) is 66.7 Å². The molecule has 3 aromatic rings. The van der Waals surface area contributed by atoms with Crippen LogP contribution in [0.2, 0.25) is 0 Å². The molecule has 4 rings (SSSR count). The van der Waals surface area contributed by atoms with Crippen LogP contribution in [0, 0.1) is 0 Å². The number of amides is 2. The average Bonchev–Trinajstić information content (AvgIpc) is 3.05. The van der Waals surface area contributed by atoms with Crippen molar-refractivity contribution in [1.29, 1.82) is 0 Å². The number of hydrogen-bond acceptors (Lipinski definition) is 3. The van der Waals surface area contributed by atoms with E-state index in [1.54, 1.807) is 24.3 Å². The molecule has 2 N–H and O–H groups in total. The SMILES string of the molecule is O=C(NCc1cccc2ccccc12)Nc1cccc(N2CCCS2(=O)=O)c1. The first kappa shape index (κ1) is 18.3. The second-order valence-corrected chi connectivity index (χ2v) is 8.75. The minimum atomic E-state index is -3.25. The average molecular weight is 395 g/mol. The van der Waals surface area contributed by atoms with Gasteiger partial charge in [0.2, 0.25) is 10.0 Å². The van der Waals surface area contributed by atoms with Gasteiger partial charge in [0.25, 0.3) is 0 Å². The Kier molecular flexibility index (Phi) is 4.92. The fourth-order valence-corrected chi connectivity index (χ4v) is 5.02. The number of carbonyl (C=O) groups is 1. The maximum absolute atomic E-state index is 12.3. The lowest BCUT2D eigenvalue weighted by Gasteiger charge is -2.18. The molecule has 2 amide bonds. The van der Waals surface area contributed by atoms with Crippen molar-refractivity contribution < 1.29 is 13.2 Å². The van der Waals surface area contributed by atoms with Gasteiger partial charge < -0.3 is 10.6 Å². The first-order chi connectivity index (χ1) is 13.5. The minimum Gasteiger partial charge on any atom is -0.334 e. The molecule has 0 aromatic heterocycles. The van der Waals surface area contributed by atoms with E-state index < -0.39 is 10.0 Å². The third-order valence-electron chi connectivity index (χ3n) is 4.81. The summed E-state index contributed by atoms with van der Waals surface area (Å²) in [5.41, 5.74) is 2.16. The summed E-state index contributed by atoms with van der Waals surface area (Å²) in [6.07, 6.45) is 0.617. The van der Waals surface area contributed by atoms with Crippen molar-refractivity contribution in [2.45, 2.75) is 13.0 Å². The Morgan fingerprint density at radius 3 is 2.61 bits per heavy atom. The third kappa shape index (κ3) is 3.80. The van der Waals surface area contributed by atoms with Crippen LogP contribution in [0.25, 0.3) is 10.8 Å². The number of carbonyl (C=O) groups excluding carboxylic acids is 1. The number of urea groups is 1. The van der Waals surface area contributed by atoms with E-state index in [0.29, 0.717) is 30.9 Å². The number of sulfonamides is 1. The monoisotopic (exact) mass is 395 g/mol. The Labute approximate surface area is 164 Å². The van der Waals surface area contributed by atoms with Gasteiger partial charge in [-0.2, -0.15) is 0 Å². The Morgan fingerprint density at radius 1 is 1.00 bits per heavy atom. The lowest BCUT2D eigenvalue weighted by atomic mass is 10.0. The number of hydrogen-bond donors (Lipinski definition) is 2. The quantitative estimate of drug-likeness (QED) is 0.707.